The van der Waals surface area contributed by atoms with Crippen LogP contribution in [0.2, 0.25) is 0 Å². The van der Waals surface area contributed by atoms with Gasteiger partial charge in [-0.15, -0.1) is 0 Å². The van der Waals surface area contributed by atoms with Crippen molar-refractivity contribution in [1.29, 1.82) is 0 Å². The Bertz CT molecular complexity index is 381. The van der Waals surface area contributed by atoms with E-state index in [1.165, 1.54) is 0 Å². The number of aromatic nitrogens is 2. The Morgan fingerprint density at radius 1 is 1.47 bits per heavy atom. The van der Waals surface area contributed by atoms with Gasteiger partial charge in [-0.3, -0.25) is 0 Å². The quantitative estimate of drug-likeness (QED) is 0.863. The number of aryl methyl sites for hydroxylation is 2. The van der Waals surface area contributed by atoms with E-state index in [4.69, 9.17) is 0 Å². The number of hydrogen-bond acceptors (Lipinski definition) is 4. The van der Waals surface area contributed by atoms with Gasteiger partial charge in [0, 0.05) is 31.5 Å². The summed E-state index contributed by atoms with van der Waals surface area (Å²) in [5.41, 5.74) is 1.10. The van der Waals surface area contributed by atoms with Crippen molar-refractivity contribution >= 4 is 5.82 Å². The molecule has 0 aliphatic carbocycles. The Labute approximate surface area is 103 Å². The van der Waals surface area contributed by atoms with Gasteiger partial charge in [0.05, 0.1) is 0 Å². The van der Waals surface area contributed by atoms with Gasteiger partial charge in [0.15, 0.2) is 0 Å². The Balaban J connectivity index is 2.18. The summed E-state index contributed by atoms with van der Waals surface area (Å²) in [6.45, 7) is 6.28. The fraction of sp³-hybridized carbons (Fsp3) is 0.692. The number of aliphatic hydroxyl groups is 1. The van der Waals surface area contributed by atoms with Crippen LogP contribution in [0.15, 0.2) is 6.07 Å². The average molecular weight is 235 g/mol. The summed E-state index contributed by atoms with van der Waals surface area (Å²) in [6, 6.07) is 2.08. The number of nitrogens with zero attached hydrogens (tertiary/aromatic N) is 3. The van der Waals surface area contributed by atoms with E-state index in [1.54, 1.807) is 0 Å². The van der Waals surface area contributed by atoms with Crippen LogP contribution in [0.3, 0.4) is 0 Å². The Morgan fingerprint density at radius 2 is 2.29 bits per heavy atom. The lowest BCUT2D eigenvalue weighted by Crippen LogP contribution is -2.37. The SMILES string of the molecule is CCc1cc(N2CCCC(CO)C2)nc(C)n1. The second-order valence-electron chi connectivity index (χ2n) is 4.76. The van der Waals surface area contributed by atoms with Crippen LogP contribution in [-0.4, -0.2) is 34.8 Å². The van der Waals surface area contributed by atoms with Crippen LogP contribution < -0.4 is 4.90 Å². The van der Waals surface area contributed by atoms with Gasteiger partial charge in [-0.25, -0.2) is 9.97 Å². The van der Waals surface area contributed by atoms with E-state index in [2.05, 4.69) is 27.9 Å². The molecule has 4 heteroatoms. The highest BCUT2D eigenvalue weighted by atomic mass is 16.3. The van der Waals surface area contributed by atoms with Gasteiger partial charge in [0.2, 0.25) is 0 Å². The summed E-state index contributed by atoms with van der Waals surface area (Å²) in [4.78, 5) is 11.2. The molecule has 1 atom stereocenters. The molecule has 0 bridgehead atoms. The zero-order valence-electron chi connectivity index (χ0n) is 10.7. The first-order chi connectivity index (χ1) is 8.22. The molecule has 1 aliphatic rings. The lowest BCUT2D eigenvalue weighted by Gasteiger charge is -2.32. The van der Waals surface area contributed by atoms with E-state index in [0.29, 0.717) is 5.92 Å². The van der Waals surface area contributed by atoms with Gasteiger partial charge in [-0.05, 0) is 32.1 Å². The maximum absolute atomic E-state index is 9.25. The first kappa shape index (κ1) is 12.3. The van der Waals surface area contributed by atoms with Crippen LogP contribution in [-0.2, 0) is 6.42 Å². The standard InChI is InChI=1S/C13H21N3O/c1-3-12-7-13(15-10(2)14-12)16-6-4-5-11(8-16)9-17/h7,11,17H,3-6,8-9H2,1-2H3. The fourth-order valence-corrected chi connectivity index (χ4v) is 2.38. The fourth-order valence-electron chi connectivity index (χ4n) is 2.38. The topological polar surface area (TPSA) is 49.2 Å². The van der Waals surface area contributed by atoms with Crippen LogP contribution in [0.25, 0.3) is 0 Å². The molecule has 1 saturated heterocycles. The molecule has 17 heavy (non-hydrogen) atoms. The summed E-state index contributed by atoms with van der Waals surface area (Å²) in [5, 5.41) is 9.25. The number of piperidine rings is 1. The number of hydrogen-bond donors (Lipinski definition) is 1. The number of rotatable bonds is 3. The Morgan fingerprint density at radius 3 is 3.00 bits per heavy atom. The minimum Gasteiger partial charge on any atom is -0.396 e. The average Bonchev–Trinajstić information content (AvgIpc) is 2.38. The summed E-state index contributed by atoms with van der Waals surface area (Å²) < 4.78 is 0. The minimum atomic E-state index is 0.279. The molecule has 1 aromatic rings. The smallest absolute Gasteiger partial charge is 0.132 e. The van der Waals surface area contributed by atoms with Gasteiger partial charge < -0.3 is 10.0 Å². The van der Waals surface area contributed by atoms with Crippen molar-refractivity contribution in [3.8, 4) is 0 Å². The molecule has 1 unspecified atom stereocenters. The molecular formula is C13H21N3O. The van der Waals surface area contributed by atoms with Crippen LogP contribution in [0, 0.1) is 12.8 Å². The van der Waals surface area contributed by atoms with Crippen LogP contribution in [0.4, 0.5) is 5.82 Å². The van der Waals surface area contributed by atoms with Gasteiger partial charge >= 0.3 is 0 Å². The van der Waals surface area contributed by atoms with Crippen LogP contribution in [0.5, 0.6) is 0 Å². The van der Waals surface area contributed by atoms with Gasteiger partial charge in [0.1, 0.15) is 11.6 Å². The maximum Gasteiger partial charge on any atom is 0.132 e. The summed E-state index contributed by atoms with van der Waals surface area (Å²) in [7, 11) is 0. The number of anilines is 1. The summed E-state index contributed by atoms with van der Waals surface area (Å²) in [6.07, 6.45) is 3.20. The van der Waals surface area contributed by atoms with Crippen molar-refractivity contribution in [2.45, 2.75) is 33.1 Å². The predicted molar refractivity (Wildman–Crippen MR) is 68.2 cm³/mol. The molecule has 0 amide bonds. The molecule has 1 fully saturated rings. The molecule has 2 heterocycles. The first-order valence-electron chi connectivity index (χ1n) is 6.43. The molecule has 1 aromatic heterocycles. The second-order valence-corrected chi connectivity index (χ2v) is 4.76. The Kier molecular flexibility index (Phi) is 3.94. The zero-order chi connectivity index (χ0) is 12.3. The monoisotopic (exact) mass is 235 g/mol. The molecule has 0 saturated carbocycles. The number of aliphatic hydroxyl groups excluding tert-OH is 1. The van der Waals surface area contributed by atoms with Crippen LogP contribution in [0.1, 0.15) is 31.3 Å². The summed E-state index contributed by atoms with van der Waals surface area (Å²) in [5.74, 6) is 2.25. The molecule has 1 N–H and O–H groups in total. The third-order valence-corrected chi connectivity index (χ3v) is 3.34. The lowest BCUT2D eigenvalue weighted by molar-refractivity contribution is 0.208. The lowest BCUT2D eigenvalue weighted by atomic mass is 9.99. The molecule has 1 aliphatic heterocycles. The van der Waals surface area contributed by atoms with Crippen molar-refractivity contribution in [3.05, 3.63) is 17.6 Å². The first-order valence-corrected chi connectivity index (χ1v) is 6.43. The molecule has 0 spiro atoms. The highest BCUT2D eigenvalue weighted by molar-refractivity contribution is 5.40. The molecule has 0 aromatic carbocycles. The minimum absolute atomic E-state index is 0.279. The highest BCUT2D eigenvalue weighted by Crippen LogP contribution is 2.22. The Hall–Kier alpha value is -1.16. The summed E-state index contributed by atoms with van der Waals surface area (Å²) >= 11 is 0. The van der Waals surface area contributed by atoms with E-state index in [9.17, 15) is 5.11 Å². The molecule has 0 radical (unpaired) electrons. The van der Waals surface area contributed by atoms with Crippen molar-refractivity contribution in [3.63, 3.8) is 0 Å². The van der Waals surface area contributed by atoms with Crippen LogP contribution >= 0.6 is 0 Å². The van der Waals surface area contributed by atoms with Gasteiger partial charge in [-0.1, -0.05) is 6.92 Å². The second kappa shape index (κ2) is 5.45. The van der Waals surface area contributed by atoms with E-state index in [1.807, 2.05) is 6.92 Å². The molecule has 2 rings (SSSR count). The van der Waals surface area contributed by atoms with E-state index < -0.39 is 0 Å². The van der Waals surface area contributed by atoms with Gasteiger partial charge in [0.25, 0.3) is 0 Å². The van der Waals surface area contributed by atoms with E-state index >= 15 is 0 Å². The molecule has 94 valence electrons. The van der Waals surface area contributed by atoms with Crippen molar-refractivity contribution in [2.24, 2.45) is 5.92 Å². The van der Waals surface area contributed by atoms with E-state index in [-0.39, 0.29) is 6.61 Å². The van der Waals surface area contributed by atoms with Crippen molar-refractivity contribution in [1.82, 2.24) is 9.97 Å². The normalized spacial score (nSPS) is 20.6. The van der Waals surface area contributed by atoms with Crippen molar-refractivity contribution in [2.75, 3.05) is 24.6 Å². The maximum atomic E-state index is 9.25. The zero-order valence-corrected chi connectivity index (χ0v) is 10.7. The largest absolute Gasteiger partial charge is 0.396 e. The highest BCUT2D eigenvalue weighted by Gasteiger charge is 2.20. The van der Waals surface area contributed by atoms with Crippen molar-refractivity contribution < 1.29 is 5.11 Å². The third-order valence-electron chi connectivity index (χ3n) is 3.34. The molecular weight excluding hydrogens is 214 g/mol. The van der Waals surface area contributed by atoms with E-state index in [0.717, 1.165) is 49.7 Å². The predicted octanol–water partition coefficient (Wildman–Crippen LogP) is 1.56. The molecule has 4 nitrogen and oxygen atoms in total. The third kappa shape index (κ3) is 2.94. The van der Waals surface area contributed by atoms with Gasteiger partial charge in [-0.2, -0.15) is 0 Å².